The number of aryl methyl sites for hydroxylation is 3. The van der Waals surface area contributed by atoms with E-state index in [1.807, 2.05) is 24.8 Å². The van der Waals surface area contributed by atoms with Gasteiger partial charge in [-0.2, -0.15) is 0 Å². The first-order chi connectivity index (χ1) is 9.52. The average molecular weight is 272 g/mol. The van der Waals surface area contributed by atoms with E-state index in [1.165, 1.54) is 5.56 Å². The molecule has 1 fully saturated rings. The Morgan fingerprint density at radius 2 is 1.70 bits per heavy atom. The second kappa shape index (κ2) is 6.23. The number of hydrogen-bond acceptors (Lipinski definition) is 2. The fourth-order valence-electron chi connectivity index (χ4n) is 2.99. The van der Waals surface area contributed by atoms with Gasteiger partial charge in [-0.25, -0.2) is 0 Å². The quantitative estimate of drug-likeness (QED) is 0.790. The summed E-state index contributed by atoms with van der Waals surface area (Å²) in [7, 11) is 0. The van der Waals surface area contributed by atoms with Crippen LogP contribution in [0.3, 0.4) is 0 Å². The van der Waals surface area contributed by atoms with E-state index in [1.54, 1.807) is 0 Å². The van der Waals surface area contributed by atoms with Crippen LogP contribution < -0.4 is 0 Å². The summed E-state index contributed by atoms with van der Waals surface area (Å²) in [6.45, 7) is 14.3. The van der Waals surface area contributed by atoms with Crippen molar-refractivity contribution >= 4 is 5.91 Å². The zero-order valence-electron chi connectivity index (χ0n) is 12.8. The highest BCUT2D eigenvalue weighted by molar-refractivity contribution is 5.97. The maximum absolute atomic E-state index is 12.7. The zero-order valence-corrected chi connectivity index (χ0v) is 12.8. The van der Waals surface area contributed by atoms with Crippen LogP contribution in [-0.2, 0) is 0 Å². The van der Waals surface area contributed by atoms with Crippen LogP contribution in [0.2, 0.25) is 0 Å². The van der Waals surface area contributed by atoms with Gasteiger partial charge in [0.2, 0.25) is 0 Å². The van der Waals surface area contributed by atoms with Crippen molar-refractivity contribution in [3.8, 4) is 0 Å². The molecule has 3 heteroatoms. The lowest BCUT2D eigenvalue weighted by Gasteiger charge is -2.34. The molecule has 0 N–H and O–H groups in total. The van der Waals surface area contributed by atoms with Gasteiger partial charge in [-0.3, -0.25) is 9.69 Å². The Kier molecular flexibility index (Phi) is 4.61. The third-order valence-electron chi connectivity index (χ3n) is 3.94. The number of piperazine rings is 1. The molecule has 0 aliphatic carbocycles. The molecule has 0 bridgehead atoms. The number of rotatable bonds is 3. The summed E-state index contributed by atoms with van der Waals surface area (Å²) in [5, 5.41) is 0. The minimum absolute atomic E-state index is 0.179. The maximum atomic E-state index is 12.7. The third-order valence-corrected chi connectivity index (χ3v) is 3.94. The molecule has 20 heavy (non-hydrogen) atoms. The molecule has 1 aliphatic heterocycles. The summed E-state index contributed by atoms with van der Waals surface area (Å²) in [4.78, 5) is 17.0. The summed E-state index contributed by atoms with van der Waals surface area (Å²) >= 11 is 0. The van der Waals surface area contributed by atoms with Gasteiger partial charge >= 0.3 is 0 Å². The Hall–Kier alpha value is -1.61. The molecule has 1 aliphatic rings. The van der Waals surface area contributed by atoms with Crippen molar-refractivity contribution in [1.29, 1.82) is 0 Å². The van der Waals surface area contributed by atoms with Gasteiger partial charge in [0.05, 0.1) is 0 Å². The number of carbonyl (C=O) groups is 1. The second-order valence-electron chi connectivity index (χ2n) is 5.66. The molecule has 0 aromatic heterocycles. The summed E-state index contributed by atoms with van der Waals surface area (Å²) in [6.07, 6.45) is 1.92. The van der Waals surface area contributed by atoms with E-state index in [-0.39, 0.29) is 5.91 Å². The largest absolute Gasteiger partial charge is 0.336 e. The number of benzene rings is 1. The fourth-order valence-corrected chi connectivity index (χ4v) is 2.99. The molecule has 1 heterocycles. The van der Waals surface area contributed by atoms with Gasteiger partial charge in [-0.15, -0.1) is 6.58 Å². The Morgan fingerprint density at radius 3 is 2.20 bits per heavy atom. The molecule has 3 nitrogen and oxygen atoms in total. The number of hydrogen-bond donors (Lipinski definition) is 0. The minimum atomic E-state index is 0.179. The van der Waals surface area contributed by atoms with Crippen LogP contribution in [0.1, 0.15) is 27.0 Å². The molecule has 2 rings (SSSR count). The molecule has 0 unspecified atom stereocenters. The lowest BCUT2D eigenvalue weighted by atomic mass is 9.98. The predicted molar refractivity (Wildman–Crippen MR) is 83.2 cm³/mol. The van der Waals surface area contributed by atoms with Gasteiger partial charge in [0.25, 0.3) is 5.91 Å². The van der Waals surface area contributed by atoms with Crippen LogP contribution in [-0.4, -0.2) is 48.4 Å². The Labute approximate surface area is 121 Å². The first kappa shape index (κ1) is 14.8. The number of carbonyl (C=O) groups excluding carboxylic acids is 1. The van der Waals surface area contributed by atoms with Crippen molar-refractivity contribution in [2.24, 2.45) is 0 Å². The van der Waals surface area contributed by atoms with E-state index in [4.69, 9.17) is 0 Å². The SMILES string of the molecule is C=CCN1CCN(C(=O)c2c(C)cc(C)cc2C)CC1. The van der Waals surface area contributed by atoms with E-state index in [0.29, 0.717) is 0 Å². The molecular weight excluding hydrogens is 248 g/mol. The molecule has 0 atom stereocenters. The Morgan fingerprint density at radius 1 is 1.15 bits per heavy atom. The number of nitrogens with zero attached hydrogens (tertiary/aromatic N) is 2. The highest BCUT2D eigenvalue weighted by Gasteiger charge is 2.23. The highest BCUT2D eigenvalue weighted by Crippen LogP contribution is 2.19. The molecule has 0 radical (unpaired) electrons. The van der Waals surface area contributed by atoms with Gasteiger partial charge in [0, 0.05) is 38.3 Å². The van der Waals surface area contributed by atoms with Gasteiger partial charge in [-0.1, -0.05) is 23.8 Å². The second-order valence-corrected chi connectivity index (χ2v) is 5.66. The highest BCUT2D eigenvalue weighted by atomic mass is 16.2. The first-order valence-electron chi connectivity index (χ1n) is 7.23. The van der Waals surface area contributed by atoms with Crippen molar-refractivity contribution in [3.63, 3.8) is 0 Å². The topological polar surface area (TPSA) is 23.6 Å². The van der Waals surface area contributed by atoms with Crippen molar-refractivity contribution < 1.29 is 4.79 Å². The van der Waals surface area contributed by atoms with Crippen LogP contribution in [0.5, 0.6) is 0 Å². The molecule has 1 saturated heterocycles. The molecule has 1 aromatic carbocycles. The summed E-state index contributed by atoms with van der Waals surface area (Å²) < 4.78 is 0. The Balaban J connectivity index is 2.11. The third kappa shape index (κ3) is 3.10. The lowest BCUT2D eigenvalue weighted by Crippen LogP contribution is -2.48. The van der Waals surface area contributed by atoms with E-state index in [2.05, 4.69) is 30.5 Å². The normalized spacial score (nSPS) is 16.2. The van der Waals surface area contributed by atoms with Crippen LogP contribution >= 0.6 is 0 Å². The van der Waals surface area contributed by atoms with Crippen LogP contribution in [0.25, 0.3) is 0 Å². The summed E-state index contributed by atoms with van der Waals surface area (Å²) in [6, 6.07) is 4.18. The van der Waals surface area contributed by atoms with Crippen LogP contribution in [0, 0.1) is 20.8 Å². The summed E-state index contributed by atoms with van der Waals surface area (Å²) in [5.41, 5.74) is 4.27. The van der Waals surface area contributed by atoms with Crippen LogP contribution in [0.4, 0.5) is 0 Å². The Bertz CT molecular complexity index is 491. The van der Waals surface area contributed by atoms with E-state index in [9.17, 15) is 4.79 Å². The predicted octanol–water partition coefficient (Wildman–Crippen LogP) is 2.56. The standard InChI is InChI=1S/C17H24N2O/c1-5-6-18-7-9-19(10-8-18)17(20)16-14(3)11-13(2)12-15(16)4/h5,11-12H,1,6-10H2,2-4H3. The van der Waals surface area contributed by atoms with Gasteiger partial charge in [0.1, 0.15) is 0 Å². The van der Waals surface area contributed by atoms with Gasteiger partial charge < -0.3 is 4.90 Å². The van der Waals surface area contributed by atoms with Crippen LogP contribution in [0.15, 0.2) is 24.8 Å². The van der Waals surface area contributed by atoms with Gasteiger partial charge in [0.15, 0.2) is 0 Å². The fraction of sp³-hybridized carbons (Fsp3) is 0.471. The molecule has 1 amide bonds. The van der Waals surface area contributed by atoms with Gasteiger partial charge in [-0.05, 0) is 31.9 Å². The van der Waals surface area contributed by atoms with E-state index >= 15 is 0 Å². The van der Waals surface area contributed by atoms with Crippen molar-refractivity contribution in [2.75, 3.05) is 32.7 Å². The van der Waals surface area contributed by atoms with Crippen molar-refractivity contribution in [1.82, 2.24) is 9.80 Å². The van der Waals surface area contributed by atoms with E-state index < -0.39 is 0 Å². The summed E-state index contributed by atoms with van der Waals surface area (Å²) in [5.74, 6) is 0.179. The molecule has 108 valence electrons. The lowest BCUT2D eigenvalue weighted by molar-refractivity contribution is 0.0649. The molecule has 0 spiro atoms. The average Bonchev–Trinajstić information content (AvgIpc) is 2.38. The van der Waals surface area contributed by atoms with E-state index in [0.717, 1.165) is 49.4 Å². The zero-order chi connectivity index (χ0) is 14.7. The number of amides is 1. The molecular formula is C17H24N2O. The maximum Gasteiger partial charge on any atom is 0.254 e. The first-order valence-corrected chi connectivity index (χ1v) is 7.23. The minimum Gasteiger partial charge on any atom is -0.336 e. The van der Waals surface area contributed by atoms with Crippen molar-refractivity contribution in [3.05, 3.63) is 47.0 Å². The van der Waals surface area contributed by atoms with Crippen molar-refractivity contribution in [2.45, 2.75) is 20.8 Å². The smallest absolute Gasteiger partial charge is 0.254 e. The monoisotopic (exact) mass is 272 g/mol. The molecule has 1 aromatic rings. The molecule has 0 saturated carbocycles.